The van der Waals surface area contributed by atoms with E-state index in [0.717, 1.165) is 51.4 Å². The molecule has 0 heterocycles. The van der Waals surface area contributed by atoms with E-state index in [0.29, 0.717) is 17.4 Å². The quantitative estimate of drug-likeness (QED) is 0.0213. The molecule has 0 amide bonds. The Morgan fingerprint density at radius 3 is 1.30 bits per heavy atom. The van der Waals surface area contributed by atoms with E-state index in [2.05, 4.69) is 38.2 Å². The number of phosphoric ester groups is 1. The second-order valence-electron chi connectivity index (χ2n) is 17.1. The zero-order valence-corrected chi connectivity index (χ0v) is 38.7. The highest BCUT2D eigenvalue weighted by Crippen LogP contribution is 2.43. The van der Waals surface area contributed by atoms with Crippen LogP contribution < -0.4 is 0 Å². The predicted octanol–water partition coefficient (Wildman–Crippen LogP) is 13.5. The van der Waals surface area contributed by atoms with Gasteiger partial charge >= 0.3 is 19.8 Å². The van der Waals surface area contributed by atoms with Gasteiger partial charge in [-0.15, -0.1) is 0 Å². The second kappa shape index (κ2) is 39.9. The van der Waals surface area contributed by atoms with E-state index in [1.165, 1.54) is 128 Å². The molecule has 0 radical (unpaired) electrons. The van der Waals surface area contributed by atoms with Crippen molar-refractivity contribution in [2.45, 2.75) is 219 Å². The topological polar surface area (TPSA) is 108 Å². The summed E-state index contributed by atoms with van der Waals surface area (Å²) in [5.74, 6) is -0.807. The molecule has 0 aromatic heterocycles. The van der Waals surface area contributed by atoms with Gasteiger partial charge < -0.3 is 18.9 Å². The van der Waals surface area contributed by atoms with Gasteiger partial charge in [0.1, 0.15) is 19.8 Å². The normalized spacial score (nSPS) is 13.7. The first kappa shape index (κ1) is 55.5. The first-order valence-corrected chi connectivity index (χ1v) is 25.1. The molecule has 0 aromatic carbocycles. The second-order valence-corrected chi connectivity index (χ2v) is 18.6. The largest absolute Gasteiger partial charge is 0.472 e. The number of allylic oxidation sites excluding steroid dienone is 4. The number of carbonyl (C=O) groups excluding carboxylic acids is 2. The van der Waals surface area contributed by atoms with Crippen LogP contribution in [0.1, 0.15) is 213 Å². The highest BCUT2D eigenvalue weighted by molar-refractivity contribution is 7.47. The van der Waals surface area contributed by atoms with Crippen molar-refractivity contribution < 1.29 is 42.1 Å². The molecule has 0 aromatic rings. The SMILES string of the molecule is CCCCCCCC/C=C\CCCCCCCCCC(=O)OC[C@H](COP(=O)(O)OCC[N+](C)(C)C)OC(=O)CCCCCCC/C=C\CCCCCCCCC. The summed E-state index contributed by atoms with van der Waals surface area (Å²) in [6, 6.07) is 0. The molecule has 0 bridgehead atoms. The summed E-state index contributed by atoms with van der Waals surface area (Å²) >= 11 is 0. The molecule has 0 aliphatic rings. The Hall–Kier alpha value is -1.51. The van der Waals surface area contributed by atoms with Gasteiger partial charge in [0.15, 0.2) is 6.10 Å². The number of ether oxygens (including phenoxy) is 2. The monoisotopic (exact) mass is 829 g/mol. The maximum Gasteiger partial charge on any atom is 0.472 e. The first-order chi connectivity index (χ1) is 27.5. The van der Waals surface area contributed by atoms with Gasteiger partial charge in [-0.25, -0.2) is 4.57 Å². The van der Waals surface area contributed by atoms with Crippen LogP contribution in [0.25, 0.3) is 0 Å². The Balaban J connectivity index is 4.32. The summed E-state index contributed by atoms with van der Waals surface area (Å²) in [5, 5.41) is 0. The van der Waals surface area contributed by atoms with Crippen LogP contribution in [0.2, 0.25) is 0 Å². The molecule has 0 saturated carbocycles. The first-order valence-electron chi connectivity index (χ1n) is 23.6. The lowest BCUT2D eigenvalue weighted by Gasteiger charge is -2.24. The summed E-state index contributed by atoms with van der Waals surface area (Å²) < 4.78 is 34.4. The minimum atomic E-state index is -4.38. The van der Waals surface area contributed by atoms with Crippen LogP contribution in [-0.2, 0) is 32.7 Å². The molecule has 0 spiro atoms. The number of esters is 2. The van der Waals surface area contributed by atoms with Crippen molar-refractivity contribution in [2.24, 2.45) is 0 Å². The zero-order valence-electron chi connectivity index (χ0n) is 37.8. The van der Waals surface area contributed by atoms with Crippen molar-refractivity contribution in [3.8, 4) is 0 Å². The van der Waals surface area contributed by atoms with Gasteiger partial charge in [-0.2, -0.15) is 0 Å². The number of rotatable bonds is 43. The maximum atomic E-state index is 12.7. The fraction of sp³-hybridized carbons (Fsp3) is 0.872. The molecule has 1 N–H and O–H groups in total. The molecular formula is C47H91NO8P+. The molecule has 0 aliphatic heterocycles. The van der Waals surface area contributed by atoms with Gasteiger partial charge in [-0.05, 0) is 64.2 Å². The summed E-state index contributed by atoms with van der Waals surface area (Å²) in [7, 11) is 1.47. The van der Waals surface area contributed by atoms with Crippen molar-refractivity contribution in [2.75, 3.05) is 47.5 Å². The van der Waals surface area contributed by atoms with E-state index in [9.17, 15) is 19.0 Å². The number of carbonyl (C=O) groups is 2. The van der Waals surface area contributed by atoms with Crippen molar-refractivity contribution in [1.29, 1.82) is 0 Å². The Bertz CT molecular complexity index is 1030. The molecule has 10 heteroatoms. The van der Waals surface area contributed by atoms with Gasteiger partial charge in [0, 0.05) is 12.8 Å². The summed E-state index contributed by atoms with van der Waals surface area (Å²) in [5.41, 5.74) is 0. The lowest BCUT2D eigenvalue weighted by molar-refractivity contribution is -0.870. The van der Waals surface area contributed by atoms with Crippen LogP contribution in [0, 0.1) is 0 Å². The maximum absolute atomic E-state index is 12.7. The van der Waals surface area contributed by atoms with Gasteiger partial charge in [-0.3, -0.25) is 18.6 Å². The molecule has 0 saturated heterocycles. The molecule has 0 fully saturated rings. The third-order valence-electron chi connectivity index (χ3n) is 10.2. The number of unbranched alkanes of at least 4 members (excludes halogenated alkanes) is 25. The van der Waals surface area contributed by atoms with E-state index in [-0.39, 0.29) is 32.0 Å². The van der Waals surface area contributed by atoms with E-state index >= 15 is 0 Å². The number of nitrogens with zero attached hydrogens (tertiary/aromatic N) is 1. The number of quaternary nitrogens is 1. The smallest absolute Gasteiger partial charge is 0.462 e. The third kappa shape index (κ3) is 43.9. The number of hydrogen-bond donors (Lipinski definition) is 1. The highest BCUT2D eigenvalue weighted by atomic mass is 31.2. The molecule has 0 aliphatic carbocycles. The molecule has 2 atom stereocenters. The Kier molecular flexibility index (Phi) is 38.9. The summed E-state index contributed by atoms with van der Waals surface area (Å²) in [6.07, 6.45) is 43.6. The van der Waals surface area contributed by atoms with Gasteiger partial charge in [0.25, 0.3) is 0 Å². The van der Waals surface area contributed by atoms with Crippen molar-refractivity contribution in [3.63, 3.8) is 0 Å². The summed E-state index contributed by atoms with van der Waals surface area (Å²) in [4.78, 5) is 35.4. The van der Waals surface area contributed by atoms with Crippen LogP contribution in [-0.4, -0.2) is 74.9 Å². The fourth-order valence-electron chi connectivity index (χ4n) is 6.47. The van der Waals surface area contributed by atoms with Crippen LogP contribution in [0.15, 0.2) is 24.3 Å². The lowest BCUT2D eigenvalue weighted by atomic mass is 10.1. The minimum Gasteiger partial charge on any atom is -0.462 e. The van der Waals surface area contributed by atoms with E-state index < -0.39 is 26.5 Å². The molecule has 1 unspecified atom stereocenters. The predicted molar refractivity (Wildman–Crippen MR) is 238 cm³/mol. The van der Waals surface area contributed by atoms with Crippen LogP contribution in [0.5, 0.6) is 0 Å². The van der Waals surface area contributed by atoms with E-state index in [4.69, 9.17) is 18.5 Å². The lowest BCUT2D eigenvalue weighted by Crippen LogP contribution is -2.37. The zero-order chi connectivity index (χ0) is 42.1. The van der Waals surface area contributed by atoms with Gasteiger partial charge in [0.05, 0.1) is 27.7 Å². The summed E-state index contributed by atoms with van der Waals surface area (Å²) in [6.45, 7) is 4.42. The van der Waals surface area contributed by atoms with E-state index in [1.807, 2.05) is 21.1 Å². The fourth-order valence-corrected chi connectivity index (χ4v) is 7.22. The molecule has 336 valence electrons. The Labute approximate surface area is 351 Å². The third-order valence-corrected chi connectivity index (χ3v) is 11.2. The highest BCUT2D eigenvalue weighted by Gasteiger charge is 2.27. The van der Waals surface area contributed by atoms with Crippen LogP contribution in [0.3, 0.4) is 0 Å². The minimum absolute atomic E-state index is 0.0307. The number of phosphoric acid groups is 1. The van der Waals surface area contributed by atoms with Crippen molar-refractivity contribution in [3.05, 3.63) is 24.3 Å². The Morgan fingerprint density at radius 1 is 0.526 bits per heavy atom. The molecular weight excluding hydrogens is 737 g/mol. The van der Waals surface area contributed by atoms with Crippen molar-refractivity contribution in [1.82, 2.24) is 0 Å². The van der Waals surface area contributed by atoms with E-state index in [1.54, 1.807) is 0 Å². The van der Waals surface area contributed by atoms with Crippen LogP contribution in [0.4, 0.5) is 0 Å². The average molecular weight is 829 g/mol. The Morgan fingerprint density at radius 2 is 0.895 bits per heavy atom. The van der Waals surface area contributed by atoms with Crippen molar-refractivity contribution >= 4 is 19.8 Å². The van der Waals surface area contributed by atoms with Gasteiger partial charge in [-0.1, -0.05) is 160 Å². The standard InChI is InChI=1S/C47H90NO8P/c1-6-8-10-12-14-16-18-20-22-24-26-27-29-31-33-35-37-39-46(49)53-43-45(44-55-57(51,52)54-42-41-48(3,4)5)56-47(50)40-38-36-34-32-30-28-25-23-21-19-17-15-13-11-9-7-2/h20,22-23,25,45H,6-19,21,24,26-44H2,1-5H3/p+1/b22-20-,25-23-/t45-/m1/s1. The number of likely N-dealkylation sites (N-methyl/N-ethyl adjacent to an activating group) is 1. The number of hydrogen-bond acceptors (Lipinski definition) is 7. The van der Waals surface area contributed by atoms with Gasteiger partial charge in [0.2, 0.25) is 0 Å². The molecule has 57 heavy (non-hydrogen) atoms. The molecule has 0 rings (SSSR count). The molecule has 9 nitrogen and oxygen atoms in total. The van der Waals surface area contributed by atoms with Crippen LogP contribution >= 0.6 is 7.82 Å². The average Bonchev–Trinajstić information content (AvgIpc) is 3.16.